The molecule has 1 aromatic carbocycles. The number of hydrogen-bond acceptors (Lipinski definition) is 5. The third-order valence-corrected chi connectivity index (χ3v) is 4.85. The van der Waals surface area contributed by atoms with Crippen LogP contribution in [0.15, 0.2) is 55.0 Å². The number of halogens is 3. The van der Waals surface area contributed by atoms with Gasteiger partial charge in [-0.15, -0.1) is 5.10 Å². The molecule has 0 aliphatic carbocycles. The summed E-state index contributed by atoms with van der Waals surface area (Å²) in [6, 6.07) is 9.04. The Morgan fingerprint density at radius 1 is 1.11 bits per heavy atom. The van der Waals surface area contributed by atoms with Gasteiger partial charge in [0.15, 0.2) is 0 Å². The average molecular weight is 389 g/mol. The molecule has 0 saturated carbocycles. The molecule has 3 heterocycles. The molecule has 0 saturated heterocycles. The molecule has 0 unspecified atom stereocenters. The first-order valence-electron chi connectivity index (χ1n) is 8.16. The first-order chi connectivity index (χ1) is 13.0. The average Bonchev–Trinajstić information content (AvgIpc) is 3.21. The van der Waals surface area contributed by atoms with Crippen LogP contribution in [0.25, 0.3) is 16.2 Å². The number of anilines is 1. The molecule has 138 valence electrons. The molecule has 5 nitrogen and oxygen atoms in total. The summed E-state index contributed by atoms with van der Waals surface area (Å²) >= 11 is 1.35. The van der Waals surface area contributed by atoms with E-state index in [1.807, 2.05) is 12.1 Å². The van der Waals surface area contributed by atoms with Gasteiger partial charge in [-0.1, -0.05) is 23.5 Å². The molecule has 0 fully saturated rings. The van der Waals surface area contributed by atoms with Crippen molar-refractivity contribution in [1.82, 2.24) is 19.6 Å². The van der Waals surface area contributed by atoms with Gasteiger partial charge >= 0.3 is 6.18 Å². The van der Waals surface area contributed by atoms with Gasteiger partial charge in [0.1, 0.15) is 0 Å². The van der Waals surface area contributed by atoms with E-state index in [4.69, 9.17) is 0 Å². The number of hydrogen-bond donors (Lipinski definition) is 1. The number of pyridine rings is 1. The second kappa shape index (κ2) is 6.99. The maximum absolute atomic E-state index is 12.9. The Bertz CT molecular complexity index is 1020. The summed E-state index contributed by atoms with van der Waals surface area (Å²) in [6.07, 6.45) is 1.59. The van der Waals surface area contributed by atoms with Crippen LogP contribution in [0.4, 0.5) is 18.3 Å². The first-order valence-corrected chi connectivity index (χ1v) is 8.97. The number of aromatic nitrogens is 4. The van der Waals surface area contributed by atoms with Crippen molar-refractivity contribution < 1.29 is 13.2 Å². The summed E-state index contributed by atoms with van der Waals surface area (Å²) in [6.45, 7) is 0.709. The predicted molar refractivity (Wildman–Crippen MR) is 97.7 cm³/mol. The second-order valence-corrected chi connectivity index (χ2v) is 6.83. The standard InChI is InChI=1S/C18H14F3N5S/c19-18(20,21)14-3-1-2-13(10-14)15-11-26-17(24-15)27-16(25-26)23-9-6-12-4-7-22-8-5-12/h1-5,7-8,10-11H,6,9H2,(H,23,25). The van der Waals surface area contributed by atoms with Crippen LogP contribution in [0.5, 0.6) is 0 Å². The number of nitrogens with zero attached hydrogens (tertiary/aromatic N) is 4. The highest BCUT2D eigenvalue weighted by Crippen LogP contribution is 2.32. The highest BCUT2D eigenvalue weighted by molar-refractivity contribution is 7.20. The van der Waals surface area contributed by atoms with Gasteiger partial charge in [-0.05, 0) is 36.2 Å². The van der Waals surface area contributed by atoms with Crippen molar-refractivity contribution in [3.63, 3.8) is 0 Å². The Hall–Kier alpha value is -2.94. The van der Waals surface area contributed by atoms with Crippen molar-refractivity contribution >= 4 is 21.4 Å². The maximum Gasteiger partial charge on any atom is 0.416 e. The zero-order valence-corrected chi connectivity index (χ0v) is 14.8. The molecule has 1 N–H and O–H groups in total. The third-order valence-electron chi connectivity index (χ3n) is 3.97. The van der Waals surface area contributed by atoms with Crippen molar-refractivity contribution in [3.8, 4) is 11.3 Å². The smallest absolute Gasteiger partial charge is 0.360 e. The minimum absolute atomic E-state index is 0.412. The minimum Gasteiger partial charge on any atom is -0.360 e. The lowest BCUT2D eigenvalue weighted by Gasteiger charge is -2.07. The van der Waals surface area contributed by atoms with Crippen molar-refractivity contribution in [1.29, 1.82) is 0 Å². The highest BCUT2D eigenvalue weighted by Gasteiger charge is 2.30. The summed E-state index contributed by atoms with van der Waals surface area (Å²) in [5.41, 5.74) is 1.35. The lowest BCUT2D eigenvalue weighted by molar-refractivity contribution is -0.137. The van der Waals surface area contributed by atoms with Gasteiger partial charge in [0.2, 0.25) is 10.1 Å². The lowest BCUT2D eigenvalue weighted by Crippen LogP contribution is -2.05. The van der Waals surface area contributed by atoms with Gasteiger partial charge in [-0.2, -0.15) is 13.2 Å². The Kier molecular flexibility index (Phi) is 4.53. The lowest BCUT2D eigenvalue weighted by atomic mass is 10.1. The van der Waals surface area contributed by atoms with E-state index >= 15 is 0 Å². The monoisotopic (exact) mass is 389 g/mol. The Labute approximate surface area is 156 Å². The number of rotatable bonds is 5. The fourth-order valence-electron chi connectivity index (χ4n) is 2.63. The topological polar surface area (TPSA) is 55.1 Å². The predicted octanol–water partition coefficient (Wildman–Crippen LogP) is 4.53. The van der Waals surface area contributed by atoms with E-state index in [1.165, 1.54) is 23.0 Å². The Balaban J connectivity index is 1.48. The van der Waals surface area contributed by atoms with Crippen molar-refractivity contribution in [2.24, 2.45) is 0 Å². The van der Waals surface area contributed by atoms with Crippen LogP contribution in [-0.4, -0.2) is 26.1 Å². The largest absolute Gasteiger partial charge is 0.416 e. The van der Waals surface area contributed by atoms with Crippen LogP contribution < -0.4 is 5.32 Å². The van der Waals surface area contributed by atoms with Crippen LogP contribution >= 0.6 is 11.3 Å². The molecule has 0 atom stereocenters. The van der Waals surface area contributed by atoms with E-state index in [2.05, 4.69) is 20.4 Å². The summed E-state index contributed by atoms with van der Waals surface area (Å²) < 4.78 is 40.2. The molecule has 0 bridgehead atoms. The van der Waals surface area contributed by atoms with Crippen molar-refractivity contribution in [2.75, 3.05) is 11.9 Å². The fourth-order valence-corrected chi connectivity index (χ4v) is 3.44. The quantitative estimate of drug-likeness (QED) is 0.545. The van der Waals surface area contributed by atoms with Crippen molar-refractivity contribution in [2.45, 2.75) is 12.6 Å². The fraction of sp³-hybridized carbons (Fsp3) is 0.167. The molecule has 0 radical (unpaired) electrons. The first kappa shape index (κ1) is 17.5. The van der Waals surface area contributed by atoms with E-state index in [1.54, 1.807) is 29.2 Å². The van der Waals surface area contributed by atoms with Gasteiger partial charge in [0, 0.05) is 24.5 Å². The number of fused-ring (bicyclic) bond motifs is 1. The van der Waals surface area contributed by atoms with Crippen molar-refractivity contribution in [3.05, 3.63) is 66.1 Å². The normalized spacial score (nSPS) is 11.8. The molecule has 4 aromatic rings. The van der Waals surface area contributed by atoms with E-state index in [0.717, 1.165) is 18.6 Å². The summed E-state index contributed by atoms with van der Waals surface area (Å²) in [4.78, 5) is 9.00. The molecule has 0 spiro atoms. The van der Waals surface area contributed by atoms with Gasteiger partial charge in [0.25, 0.3) is 0 Å². The van der Waals surface area contributed by atoms with Crippen LogP contribution in [-0.2, 0) is 12.6 Å². The molecule has 4 rings (SSSR count). The molecule has 9 heteroatoms. The van der Waals surface area contributed by atoms with E-state index < -0.39 is 11.7 Å². The van der Waals surface area contributed by atoms with Crippen LogP contribution in [0.2, 0.25) is 0 Å². The zero-order chi connectivity index (χ0) is 18.9. The number of nitrogens with one attached hydrogen (secondary N) is 1. The molecule has 3 aromatic heterocycles. The molecule has 0 amide bonds. The number of benzene rings is 1. The van der Waals surface area contributed by atoms with Crippen LogP contribution in [0.3, 0.4) is 0 Å². The number of imidazole rings is 1. The molecule has 27 heavy (non-hydrogen) atoms. The summed E-state index contributed by atoms with van der Waals surface area (Å²) in [5.74, 6) is 0. The maximum atomic E-state index is 12.9. The van der Waals surface area contributed by atoms with Crippen LogP contribution in [0, 0.1) is 0 Å². The SMILES string of the molecule is FC(F)(F)c1cccc(-c2cn3nc(NCCc4ccncc4)sc3n2)c1. The highest BCUT2D eigenvalue weighted by atomic mass is 32.1. The summed E-state index contributed by atoms with van der Waals surface area (Å²) in [5, 5.41) is 8.33. The Morgan fingerprint density at radius 3 is 2.67 bits per heavy atom. The molecular formula is C18H14F3N5S. The van der Waals surface area contributed by atoms with Gasteiger partial charge < -0.3 is 5.32 Å². The third kappa shape index (κ3) is 3.92. The van der Waals surface area contributed by atoms with Gasteiger partial charge in [-0.25, -0.2) is 9.50 Å². The van der Waals surface area contributed by atoms with Gasteiger partial charge in [0.05, 0.1) is 17.5 Å². The zero-order valence-electron chi connectivity index (χ0n) is 13.9. The van der Waals surface area contributed by atoms with E-state index in [0.29, 0.717) is 27.9 Å². The minimum atomic E-state index is -4.38. The van der Waals surface area contributed by atoms with E-state index in [9.17, 15) is 13.2 Å². The second-order valence-electron chi connectivity index (χ2n) is 5.87. The van der Waals surface area contributed by atoms with E-state index in [-0.39, 0.29) is 0 Å². The Morgan fingerprint density at radius 2 is 1.93 bits per heavy atom. The van der Waals surface area contributed by atoms with Gasteiger partial charge in [-0.3, -0.25) is 4.98 Å². The van der Waals surface area contributed by atoms with Crippen LogP contribution in [0.1, 0.15) is 11.1 Å². The molecular weight excluding hydrogens is 375 g/mol. The molecule has 0 aliphatic heterocycles. The number of alkyl halides is 3. The summed E-state index contributed by atoms with van der Waals surface area (Å²) in [7, 11) is 0. The molecule has 0 aliphatic rings.